The summed E-state index contributed by atoms with van der Waals surface area (Å²) in [5, 5.41) is 3.17. The fourth-order valence-corrected chi connectivity index (χ4v) is 3.99. The Bertz CT molecular complexity index is 638. The van der Waals surface area contributed by atoms with E-state index in [1.807, 2.05) is 14.0 Å². The van der Waals surface area contributed by atoms with Crippen molar-refractivity contribution in [1.82, 2.24) is 19.4 Å². The number of likely N-dealkylation sites (N-methyl/N-ethyl adjacent to an activating group) is 1. The van der Waals surface area contributed by atoms with Crippen LogP contribution >= 0.6 is 11.3 Å². The van der Waals surface area contributed by atoms with Gasteiger partial charge in [0, 0.05) is 57.0 Å². The van der Waals surface area contributed by atoms with Gasteiger partial charge in [0.15, 0.2) is 0 Å². The van der Waals surface area contributed by atoms with Crippen LogP contribution in [-0.2, 0) is 20.1 Å². The fraction of sp³-hybridized carbons (Fsp3) is 0.588. The zero-order valence-corrected chi connectivity index (χ0v) is 14.9. The van der Waals surface area contributed by atoms with Crippen LogP contribution in [0.1, 0.15) is 22.7 Å². The van der Waals surface area contributed by atoms with E-state index in [9.17, 15) is 4.39 Å². The summed E-state index contributed by atoms with van der Waals surface area (Å²) >= 11 is 1.66. The molecule has 0 spiro atoms. The molecule has 2 aromatic heterocycles. The largest absolute Gasteiger partial charge is 0.357 e. The van der Waals surface area contributed by atoms with E-state index in [1.165, 1.54) is 5.56 Å². The maximum absolute atomic E-state index is 13.9. The Morgan fingerprint density at radius 1 is 1.48 bits per heavy atom. The fourth-order valence-electron chi connectivity index (χ4n) is 3.39. The van der Waals surface area contributed by atoms with Crippen molar-refractivity contribution in [1.29, 1.82) is 0 Å². The monoisotopic (exact) mass is 336 g/mol. The van der Waals surface area contributed by atoms with Crippen molar-refractivity contribution in [2.45, 2.75) is 38.6 Å². The van der Waals surface area contributed by atoms with Gasteiger partial charge in [-0.3, -0.25) is 4.90 Å². The number of likely N-dealkylation sites (tertiary alicyclic amines) is 1. The minimum absolute atomic E-state index is 0.265. The minimum Gasteiger partial charge on any atom is -0.357 e. The van der Waals surface area contributed by atoms with E-state index in [-0.39, 0.29) is 6.04 Å². The first kappa shape index (κ1) is 16.6. The zero-order valence-electron chi connectivity index (χ0n) is 14.1. The molecule has 0 saturated carbocycles. The van der Waals surface area contributed by atoms with Gasteiger partial charge in [0.2, 0.25) is 0 Å². The molecule has 1 aliphatic heterocycles. The van der Waals surface area contributed by atoms with Crippen molar-refractivity contribution in [3.8, 4) is 0 Å². The van der Waals surface area contributed by atoms with Gasteiger partial charge in [0.1, 0.15) is 6.17 Å². The van der Waals surface area contributed by atoms with Gasteiger partial charge in [-0.15, -0.1) is 11.3 Å². The quantitative estimate of drug-likeness (QED) is 0.811. The summed E-state index contributed by atoms with van der Waals surface area (Å²) in [7, 11) is 4.15. The van der Waals surface area contributed by atoms with Gasteiger partial charge in [0.25, 0.3) is 0 Å². The Balaban J connectivity index is 1.58. The van der Waals surface area contributed by atoms with Crippen LogP contribution in [0.4, 0.5) is 4.39 Å². The molecule has 0 N–H and O–H groups in total. The molecule has 0 aliphatic carbocycles. The number of alkyl halides is 1. The topological polar surface area (TPSA) is 24.3 Å². The Morgan fingerprint density at radius 2 is 2.30 bits per heavy atom. The molecule has 3 heterocycles. The lowest BCUT2D eigenvalue weighted by Crippen LogP contribution is -2.38. The van der Waals surface area contributed by atoms with E-state index >= 15 is 0 Å². The molecule has 3 rings (SSSR count). The summed E-state index contributed by atoms with van der Waals surface area (Å²) in [6.07, 6.45) is 4.11. The van der Waals surface area contributed by atoms with Gasteiger partial charge < -0.3 is 9.47 Å². The van der Waals surface area contributed by atoms with Gasteiger partial charge in [0.05, 0.1) is 10.7 Å². The average molecular weight is 336 g/mol. The van der Waals surface area contributed by atoms with E-state index in [2.05, 4.69) is 50.2 Å². The number of nitrogens with zero attached hydrogens (tertiary/aromatic N) is 4. The van der Waals surface area contributed by atoms with E-state index in [4.69, 9.17) is 0 Å². The highest BCUT2D eigenvalue weighted by Gasteiger charge is 2.33. The molecule has 4 nitrogen and oxygen atoms in total. The molecule has 0 amide bonds. The second-order valence-electron chi connectivity index (χ2n) is 6.66. The van der Waals surface area contributed by atoms with E-state index < -0.39 is 6.17 Å². The van der Waals surface area contributed by atoms with Gasteiger partial charge in [-0.05, 0) is 32.0 Å². The van der Waals surface area contributed by atoms with Crippen LogP contribution in [-0.4, -0.2) is 51.7 Å². The highest BCUT2D eigenvalue weighted by molar-refractivity contribution is 7.09. The Kier molecular flexibility index (Phi) is 5.14. The highest BCUT2D eigenvalue weighted by atomic mass is 32.1. The second-order valence-corrected chi connectivity index (χ2v) is 7.72. The lowest BCUT2D eigenvalue weighted by atomic mass is 10.2. The van der Waals surface area contributed by atoms with Crippen LogP contribution in [0.3, 0.4) is 0 Å². The lowest BCUT2D eigenvalue weighted by Gasteiger charge is -2.27. The van der Waals surface area contributed by atoms with Crippen molar-refractivity contribution < 1.29 is 4.39 Å². The molecule has 1 saturated heterocycles. The molecule has 1 aliphatic rings. The zero-order chi connectivity index (χ0) is 16.4. The molecule has 0 aromatic carbocycles. The number of hydrogen-bond donors (Lipinski definition) is 0. The Labute approximate surface area is 141 Å². The molecule has 0 unspecified atom stereocenters. The Hall–Kier alpha value is -1.24. The average Bonchev–Trinajstić information content (AvgIpc) is 3.14. The third kappa shape index (κ3) is 4.40. The standard InChI is InChI=1S/C17H25FN4S/c1-13-19-16(12-23-13)10-22-9-15(18)6-17(22)11-21(3)8-14-4-5-20(2)7-14/h4-5,7,12,15,17H,6,8-11H2,1-3H3/t15-,17-/m0/s1. The Morgan fingerprint density at radius 3 is 2.96 bits per heavy atom. The van der Waals surface area contributed by atoms with Crippen molar-refractivity contribution in [3.63, 3.8) is 0 Å². The maximum atomic E-state index is 13.9. The van der Waals surface area contributed by atoms with Crippen LogP contribution < -0.4 is 0 Å². The summed E-state index contributed by atoms with van der Waals surface area (Å²) < 4.78 is 16.0. The summed E-state index contributed by atoms with van der Waals surface area (Å²) in [6.45, 7) is 5.09. The lowest BCUT2D eigenvalue weighted by molar-refractivity contribution is 0.179. The van der Waals surface area contributed by atoms with Crippen molar-refractivity contribution in [3.05, 3.63) is 40.1 Å². The first-order valence-corrected chi connectivity index (χ1v) is 8.96. The predicted molar refractivity (Wildman–Crippen MR) is 92.3 cm³/mol. The molecule has 0 bridgehead atoms. The molecule has 6 heteroatoms. The van der Waals surface area contributed by atoms with Gasteiger partial charge in [-0.25, -0.2) is 9.37 Å². The van der Waals surface area contributed by atoms with Crippen LogP contribution in [0, 0.1) is 6.92 Å². The van der Waals surface area contributed by atoms with Crippen LogP contribution in [0.15, 0.2) is 23.8 Å². The molecule has 126 valence electrons. The summed E-state index contributed by atoms with van der Waals surface area (Å²) in [4.78, 5) is 9.06. The number of halogens is 1. The van der Waals surface area contributed by atoms with Crippen molar-refractivity contribution >= 4 is 11.3 Å². The maximum Gasteiger partial charge on any atom is 0.114 e. The van der Waals surface area contributed by atoms with E-state index in [0.29, 0.717) is 13.0 Å². The third-order valence-electron chi connectivity index (χ3n) is 4.38. The molecule has 1 fully saturated rings. The first-order chi connectivity index (χ1) is 11.0. The second kappa shape index (κ2) is 7.11. The summed E-state index contributed by atoms with van der Waals surface area (Å²) in [6, 6.07) is 2.40. The van der Waals surface area contributed by atoms with Gasteiger partial charge >= 0.3 is 0 Å². The van der Waals surface area contributed by atoms with Crippen LogP contribution in [0.5, 0.6) is 0 Å². The van der Waals surface area contributed by atoms with Crippen molar-refractivity contribution in [2.75, 3.05) is 20.1 Å². The molecule has 0 radical (unpaired) electrons. The number of aromatic nitrogens is 2. The normalized spacial score (nSPS) is 22.3. The number of hydrogen-bond acceptors (Lipinski definition) is 4. The molecule has 2 atom stereocenters. The number of aryl methyl sites for hydroxylation is 2. The van der Waals surface area contributed by atoms with E-state index in [1.54, 1.807) is 11.3 Å². The first-order valence-electron chi connectivity index (χ1n) is 8.08. The molecule has 2 aromatic rings. The van der Waals surface area contributed by atoms with Gasteiger partial charge in [-0.2, -0.15) is 0 Å². The smallest absolute Gasteiger partial charge is 0.114 e. The summed E-state index contributed by atoms with van der Waals surface area (Å²) in [5.41, 5.74) is 2.36. The highest BCUT2D eigenvalue weighted by Crippen LogP contribution is 2.24. The predicted octanol–water partition coefficient (Wildman–Crippen LogP) is 2.83. The molecule has 23 heavy (non-hydrogen) atoms. The van der Waals surface area contributed by atoms with Gasteiger partial charge in [-0.1, -0.05) is 0 Å². The third-order valence-corrected chi connectivity index (χ3v) is 5.20. The minimum atomic E-state index is -0.718. The SMILES string of the molecule is Cc1nc(CN2C[C@@H](F)C[C@H]2CN(C)Cc2ccn(C)c2)cs1. The van der Waals surface area contributed by atoms with Crippen molar-refractivity contribution in [2.24, 2.45) is 7.05 Å². The molecular formula is C17H25FN4S. The number of rotatable bonds is 6. The number of thiazole rings is 1. The van der Waals surface area contributed by atoms with E-state index in [0.717, 1.165) is 30.3 Å². The molecular weight excluding hydrogens is 311 g/mol. The van der Waals surface area contributed by atoms with Crippen LogP contribution in [0.25, 0.3) is 0 Å². The van der Waals surface area contributed by atoms with Crippen LogP contribution in [0.2, 0.25) is 0 Å². The summed E-state index contributed by atoms with van der Waals surface area (Å²) in [5.74, 6) is 0.